The van der Waals surface area contributed by atoms with E-state index in [0.717, 1.165) is 31.7 Å². The molecule has 0 aliphatic carbocycles. The van der Waals surface area contributed by atoms with Crippen molar-refractivity contribution in [1.29, 1.82) is 0 Å². The first-order valence-corrected chi connectivity index (χ1v) is 8.04. The number of carbonyl (C=O) groups excluding carboxylic acids is 1. The molecule has 7 heteroatoms. The highest BCUT2D eigenvalue weighted by Gasteiger charge is 2.27. The summed E-state index contributed by atoms with van der Waals surface area (Å²) in [6.45, 7) is 5.48. The summed E-state index contributed by atoms with van der Waals surface area (Å²) in [7, 11) is 0. The highest BCUT2D eigenvalue weighted by atomic mass is 35.5. The minimum absolute atomic E-state index is 0.00990. The highest BCUT2D eigenvalue weighted by molar-refractivity contribution is 6.29. The molecule has 0 radical (unpaired) electrons. The van der Waals surface area contributed by atoms with Crippen LogP contribution < -0.4 is 10.2 Å². The molecule has 1 aliphatic rings. The van der Waals surface area contributed by atoms with Gasteiger partial charge in [-0.3, -0.25) is 4.79 Å². The third-order valence-electron chi connectivity index (χ3n) is 4.14. The van der Waals surface area contributed by atoms with E-state index in [4.69, 9.17) is 11.6 Å². The molecule has 0 unspecified atom stereocenters. The molecule has 1 aromatic rings. The fourth-order valence-corrected chi connectivity index (χ4v) is 2.67. The van der Waals surface area contributed by atoms with Gasteiger partial charge in [0.15, 0.2) is 11.0 Å². The van der Waals surface area contributed by atoms with Crippen LogP contribution >= 0.6 is 11.6 Å². The molecular formula is C15H23ClN4O2. The van der Waals surface area contributed by atoms with Gasteiger partial charge < -0.3 is 15.3 Å². The van der Waals surface area contributed by atoms with Gasteiger partial charge >= 0.3 is 0 Å². The van der Waals surface area contributed by atoms with E-state index in [9.17, 15) is 9.90 Å². The molecule has 1 saturated heterocycles. The zero-order valence-electron chi connectivity index (χ0n) is 13.0. The monoisotopic (exact) mass is 326 g/mol. The Hall–Kier alpha value is -1.40. The maximum absolute atomic E-state index is 12.3. The Bertz CT molecular complexity index is 487. The minimum Gasteiger partial charge on any atom is -0.394 e. The van der Waals surface area contributed by atoms with E-state index in [1.807, 2.05) is 19.9 Å². The number of hydrogen-bond donors (Lipinski definition) is 2. The number of rotatable bonds is 5. The average molecular weight is 327 g/mol. The molecule has 1 amide bonds. The van der Waals surface area contributed by atoms with Crippen molar-refractivity contribution in [2.45, 2.75) is 32.7 Å². The number of piperidine rings is 1. The Morgan fingerprint density at radius 3 is 2.59 bits per heavy atom. The summed E-state index contributed by atoms with van der Waals surface area (Å²) in [6, 6.07) is 3.39. The number of nitrogens with one attached hydrogen (secondary N) is 1. The molecule has 6 nitrogen and oxygen atoms in total. The summed E-state index contributed by atoms with van der Waals surface area (Å²) >= 11 is 5.74. The molecule has 2 heterocycles. The number of carbonyl (C=O) groups is 1. The summed E-state index contributed by atoms with van der Waals surface area (Å²) in [6.07, 6.45) is 1.54. The van der Waals surface area contributed by atoms with Crippen LogP contribution in [0, 0.1) is 11.8 Å². The Balaban J connectivity index is 1.86. The molecule has 0 aromatic carbocycles. The van der Waals surface area contributed by atoms with Crippen LogP contribution in [0.3, 0.4) is 0 Å². The molecule has 0 saturated carbocycles. The quantitative estimate of drug-likeness (QED) is 0.857. The minimum atomic E-state index is -0.173. The van der Waals surface area contributed by atoms with Crippen molar-refractivity contribution in [2.75, 3.05) is 24.6 Å². The van der Waals surface area contributed by atoms with Crippen molar-refractivity contribution in [3.8, 4) is 0 Å². The summed E-state index contributed by atoms with van der Waals surface area (Å²) in [5.74, 6) is 1.04. The fraction of sp³-hybridized carbons (Fsp3) is 0.667. The number of aliphatic hydroxyl groups excluding tert-OH is 1. The van der Waals surface area contributed by atoms with E-state index in [0.29, 0.717) is 5.15 Å². The van der Waals surface area contributed by atoms with E-state index in [1.165, 1.54) is 0 Å². The van der Waals surface area contributed by atoms with Gasteiger partial charge in [0.25, 0.3) is 0 Å². The third-order valence-corrected chi connectivity index (χ3v) is 4.34. The van der Waals surface area contributed by atoms with Crippen LogP contribution in [0.15, 0.2) is 12.1 Å². The number of aliphatic hydroxyl groups is 1. The van der Waals surface area contributed by atoms with E-state index < -0.39 is 0 Å². The van der Waals surface area contributed by atoms with Crippen LogP contribution in [-0.4, -0.2) is 46.9 Å². The zero-order chi connectivity index (χ0) is 16.1. The van der Waals surface area contributed by atoms with Gasteiger partial charge in [0, 0.05) is 19.0 Å². The van der Waals surface area contributed by atoms with Gasteiger partial charge in [-0.15, -0.1) is 10.2 Å². The fourth-order valence-electron chi connectivity index (χ4n) is 2.57. The number of amides is 1. The van der Waals surface area contributed by atoms with Crippen LogP contribution in [0.2, 0.25) is 5.15 Å². The Kier molecular flexibility index (Phi) is 5.97. The summed E-state index contributed by atoms with van der Waals surface area (Å²) in [4.78, 5) is 14.4. The summed E-state index contributed by atoms with van der Waals surface area (Å²) < 4.78 is 0. The standard InChI is InChI=1S/C15H23ClN4O2/c1-10(2)12(9-21)17-15(22)11-5-7-20(8-6-11)14-4-3-13(16)18-19-14/h3-4,10-12,21H,5-9H2,1-2H3,(H,17,22)/t12-/m1/s1. The Labute approximate surface area is 135 Å². The Morgan fingerprint density at radius 1 is 1.41 bits per heavy atom. The average Bonchev–Trinajstić information content (AvgIpc) is 2.53. The molecule has 1 aromatic heterocycles. The lowest BCUT2D eigenvalue weighted by molar-refractivity contribution is -0.127. The van der Waals surface area contributed by atoms with Gasteiger partial charge in [-0.1, -0.05) is 25.4 Å². The van der Waals surface area contributed by atoms with Crippen LogP contribution in [0.4, 0.5) is 5.82 Å². The SMILES string of the molecule is CC(C)[C@@H](CO)NC(=O)C1CCN(c2ccc(Cl)nn2)CC1. The van der Waals surface area contributed by atoms with Gasteiger partial charge in [-0.05, 0) is 30.9 Å². The molecule has 1 atom stereocenters. The van der Waals surface area contributed by atoms with Crippen LogP contribution in [0.25, 0.3) is 0 Å². The van der Waals surface area contributed by atoms with Crippen molar-refractivity contribution >= 4 is 23.3 Å². The lowest BCUT2D eigenvalue weighted by Crippen LogP contribution is -2.47. The summed E-state index contributed by atoms with van der Waals surface area (Å²) in [5, 5.41) is 20.5. The van der Waals surface area contributed by atoms with Crippen molar-refractivity contribution in [3.63, 3.8) is 0 Å². The number of anilines is 1. The van der Waals surface area contributed by atoms with Crippen LogP contribution in [-0.2, 0) is 4.79 Å². The van der Waals surface area contributed by atoms with Crippen LogP contribution in [0.5, 0.6) is 0 Å². The normalized spacial score (nSPS) is 17.6. The van der Waals surface area contributed by atoms with Crippen molar-refractivity contribution in [2.24, 2.45) is 11.8 Å². The molecule has 1 fully saturated rings. The number of halogens is 1. The second-order valence-corrected chi connectivity index (χ2v) is 6.40. The Morgan fingerprint density at radius 2 is 2.09 bits per heavy atom. The molecule has 0 spiro atoms. The lowest BCUT2D eigenvalue weighted by Gasteiger charge is -2.32. The lowest BCUT2D eigenvalue weighted by atomic mass is 9.94. The highest BCUT2D eigenvalue weighted by Crippen LogP contribution is 2.22. The van der Waals surface area contributed by atoms with Crippen LogP contribution in [0.1, 0.15) is 26.7 Å². The summed E-state index contributed by atoms with van der Waals surface area (Å²) in [5.41, 5.74) is 0. The van der Waals surface area contributed by atoms with E-state index in [2.05, 4.69) is 20.4 Å². The molecule has 0 bridgehead atoms. The molecule has 22 heavy (non-hydrogen) atoms. The van der Waals surface area contributed by atoms with E-state index >= 15 is 0 Å². The molecular weight excluding hydrogens is 304 g/mol. The first-order chi connectivity index (χ1) is 10.5. The van der Waals surface area contributed by atoms with Gasteiger partial charge in [0.05, 0.1) is 12.6 Å². The number of nitrogens with zero attached hydrogens (tertiary/aromatic N) is 3. The topological polar surface area (TPSA) is 78.4 Å². The van der Waals surface area contributed by atoms with Gasteiger partial charge in [-0.25, -0.2) is 0 Å². The smallest absolute Gasteiger partial charge is 0.223 e. The molecule has 1 aliphatic heterocycles. The van der Waals surface area contributed by atoms with Crippen molar-refractivity contribution in [1.82, 2.24) is 15.5 Å². The van der Waals surface area contributed by atoms with Gasteiger partial charge in [-0.2, -0.15) is 0 Å². The predicted molar refractivity (Wildman–Crippen MR) is 85.8 cm³/mol. The first kappa shape index (κ1) is 17.0. The van der Waals surface area contributed by atoms with E-state index in [1.54, 1.807) is 6.07 Å². The largest absolute Gasteiger partial charge is 0.394 e. The predicted octanol–water partition coefficient (Wildman–Crippen LogP) is 1.48. The molecule has 2 rings (SSSR count). The maximum Gasteiger partial charge on any atom is 0.223 e. The van der Waals surface area contributed by atoms with Gasteiger partial charge in [0.2, 0.25) is 5.91 Å². The number of hydrogen-bond acceptors (Lipinski definition) is 5. The van der Waals surface area contributed by atoms with E-state index in [-0.39, 0.29) is 30.4 Å². The number of aromatic nitrogens is 2. The van der Waals surface area contributed by atoms with Gasteiger partial charge in [0.1, 0.15) is 0 Å². The molecule has 122 valence electrons. The first-order valence-electron chi connectivity index (χ1n) is 7.66. The second kappa shape index (κ2) is 7.74. The van der Waals surface area contributed by atoms with Crippen molar-refractivity contribution in [3.05, 3.63) is 17.3 Å². The second-order valence-electron chi connectivity index (χ2n) is 6.02. The third kappa shape index (κ3) is 4.30. The van der Waals surface area contributed by atoms with Crippen molar-refractivity contribution < 1.29 is 9.90 Å². The maximum atomic E-state index is 12.3. The zero-order valence-corrected chi connectivity index (χ0v) is 13.8. The molecule has 2 N–H and O–H groups in total.